The third-order valence-corrected chi connectivity index (χ3v) is 3.97. The van der Waals surface area contributed by atoms with Crippen LogP contribution in [0.15, 0.2) is 43.0 Å². The number of rotatable bonds is 2. The van der Waals surface area contributed by atoms with Crippen molar-refractivity contribution in [3.05, 3.63) is 48.5 Å². The lowest BCUT2D eigenvalue weighted by molar-refractivity contribution is 0.0697. The first-order chi connectivity index (χ1) is 9.74. The molecule has 0 saturated carbocycles. The van der Waals surface area contributed by atoms with E-state index in [-0.39, 0.29) is 5.91 Å². The molecule has 4 heteroatoms. The van der Waals surface area contributed by atoms with Crippen molar-refractivity contribution in [2.75, 3.05) is 13.1 Å². The van der Waals surface area contributed by atoms with E-state index in [9.17, 15) is 4.79 Å². The molecule has 104 valence electrons. The smallest absolute Gasteiger partial charge is 0.253 e. The third-order valence-electron chi connectivity index (χ3n) is 3.97. The highest BCUT2D eigenvalue weighted by atomic mass is 16.2. The second-order valence-corrected chi connectivity index (χ2v) is 5.50. The van der Waals surface area contributed by atoms with Gasteiger partial charge in [0.05, 0.1) is 6.33 Å². The number of carbonyl (C=O) groups is 1. The van der Waals surface area contributed by atoms with Crippen LogP contribution in [0.5, 0.6) is 0 Å². The van der Waals surface area contributed by atoms with E-state index in [4.69, 9.17) is 0 Å². The number of amides is 1. The summed E-state index contributed by atoms with van der Waals surface area (Å²) in [4.78, 5) is 18.5. The van der Waals surface area contributed by atoms with E-state index in [0.717, 1.165) is 43.1 Å². The summed E-state index contributed by atoms with van der Waals surface area (Å²) in [7, 11) is 0. The van der Waals surface area contributed by atoms with Gasteiger partial charge in [-0.2, -0.15) is 0 Å². The molecule has 20 heavy (non-hydrogen) atoms. The summed E-state index contributed by atoms with van der Waals surface area (Å²) in [5, 5.41) is 0. The Labute approximate surface area is 119 Å². The maximum absolute atomic E-state index is 12.5. The number of piperidine rings is 1. The van der Waals surface area contributed by atoms with Crippen molar-refractivity contribution in [1.82, 2.24) is 14.5 Å². The summed E-state index contributed by atoms with van der Waals surface area (Å²) in [6.45, 7) is 3.99. The summed E-state index contributed by atoms with van der Waals surface area (Å²) in [6.07, 6.45) is 7.57. The zero-order valence-corrected chi connectivity index (χ0v) is 11.7. The minimum Gasteiger partial charge on any atom is -0.339 e. The van der Waals surface area contributed by atoms with Crippen molar-refractivity contribution in [3.63, 3.8) is 0 Å². The highest BCUT2D eigenvalue weighted by Gasteiger charge is 2.21. The molecule has 1 fully saturated rings. The van der Waals surface area contributed by atoms with Gasteiger partial charge in [-0.05, 0) is 37.0 Å². The highest BCUT2D eigenvalue weighted by Crippen LogP contribution is 2.19. The van der Waals surface area contributed by atoms with Gasteiger partial charge in [0.25, 0.3) is 5.91 Å². The second kappa shape index (κ2) is 5.49. The number of hydrogen-bond acceptors (Lipinski definition) is 2. The minimum absolute atomic E-state index is 0.138. The van der Waals surface area contributed by atoms with Gasteiger partial charge in [0.2, 0.25) is 0 Å². The van der Waals surface area contributed by atoms with Gasteiger partial charge >= 0.3 is 0 Å². The summed E-state index contributed by atoms with van der Waals surface area (Å²) < 4.78 is 1.91. The first-order valence-electron chi connectivity index (χ1n) is 7.12. The molecule has 1 aliphatic rings. The molecule has 1 aliphatic heterocycles. The molecule has 0 N–H and O–H groups in total. The van der Waals surface area contributed by atoms with Gasteiger partial charge < -0.3 is 9.47 Å². The Balaban J connectivity index is 1.80. The number of benzene rings is 1. The van der Waals surface area contributed by atoms with E-state index >= 15 is 0 Å². The van der Waals surface area contributed by atoms with Gasteiger partial charge in [-0.3, -0.25) is 4.79 Å². The fourth-order valence-electron chi connectivity index (χ4n) is 2.61. The summed E-state index contributed by atoms with van der Waals surface area (Å²) in [5.41, 5.74) is 1.73. The topological polar surface area (TPSA) is 38.1 Å². The number of nitrogens with zero attached hydrogens (tertiary/aromatic N) is 3. The van der Waals surface area contributed by atoms with Crippen LogP contribution in [0.2, 0.25) is 0 Å². The molecule has 1 amide bonds. The first-order valence-corrected chi connectivity index (χ1v) is 7.12. The van der Waals surface area contributed by atoms with Gasteiger partial charge in [-0.1, -0.05) is 13.0 Å². The molecule has 0 atom stereocenters. The summed E-state index contributed by atoms with van der Waals surface area (Å²) in [6, 6.07) is 7.73. The van der Waals surface area contributed by atoms with E-state index in [2.05, 4.69) is 11.9 Å². The van der Waals surface area contributed by atoms with Crippen LogP contribution in [0.4, 0.5) is 0 Å². The minimum atomic E-state index is 0.138. The van der Waals surface area contributed by atoms with Crippen LogP contribution in [0.25, 0.3) is 5.69 Å². The summed E-state index contributed by atoms with van der Waals surface area (Å²) >= 11 is 0. The molecule has 0 aliphatic carbocycles. The number of carbonyl (C=O) groups excluding carboxylic acids is 1. The highest BCUT2D eigenvalue weighted by molar-refractivity contribution is 5.94. The fourth-order valence-corrected chi connectivity index (χ4v) is 2.61. The van der Waals surface area contributed by atoms with E-state index in [1.807, 2.05) is 39.9 Å². The predicted octanol–water partition coefficient (Wildman–Crippen LogP) is 2.74. The zero-order chi connectivity index (χ0) is 13.9. The fraction of sp³-hybridized carbons (Fsp3) is 0.375. The molecule has 0 bridgehead atoms. The van der Waals surface area contributed by atoms with Crippen molar-refractivity contribution in [1.29, 1.82) is 0 Å². The Morgan fingerprint density at radius 2 is 2.10 bits per heavy atom. The van der Waals surface area contributed by atoms with E-state index < -0.39 is 0 Å². The van der Waals surface area contributed by atoms with E-state index in [0.29, 0.717) is 0 Å². The molecule has 1 saturated heterocycles. The van der Waals surface area contributed by atoms with E-state index in [1.54, 1.807) is 12.5 Å². The van der Waals surface area contributed by atoms with Crippen LogP contribution in [-0.4, -0.2) is 33.4 Å². The quantitative estimate of drug-likeness (QED) is 0.840. The first kappa shape index (κ1) is 12.9. The largest absolute Gasteiger partial charge is 0.339 e. The molecule has 2 heterocycles. The second-order valence-electron chi connectivity index (χ2n) is 5.50. The van der Waals surface area contributed by atoms with E-state index in [1.165, 1.54) is 0 Å². The number of imidazole rings is 1. The van der Waals surface area contributed by atoms with Gasteiger partial charge in [0, 0.05) is 36.7 Å². The average molecular weight is 269 g/mol. The van der Waals surface area contributed by atoms with Crippen molar-refractivity contribution in [3.8, 4) is 5.69 Å². The molecule has 1 aromatic heterocycles. The lowest BCUT2D eigenvalue weighted by Gasteiger charge is -2.30. The van der Waals surface area contributed by atoms with Crippen LogP contribution in [-0.2, 0) is 0 Å². The number of likely N-dealkylation sites (tertiary alicyclic amines) is 1. The number of hydrogen-bond donors (Lipinski definition) is 0. The van der Waals surface area contributed by atoms with Crippen LogP contribution in [0, 0.1) is 5.92 Å². The van der Waals surface area contributed by atoms with Gasteiger partial charge in [0.1, 0.15) is 0 Å². The predicted molar refractivity (Wildman–Crippen MR) is 77.9 cm³/mol. The maximum atomic E-state index is 12.5. The van der Waals surface area contributed by atoms with Gasteiger partial charge in [0.15, 0.2) is 0 Å². The van der Waals surface area contributed by atoms with Crippen molar-refractivity contribution in [2.45, 2.75) is 19.8 Å². The molecule has 4 nitrogen and oxygen atoms in total. The Hall–Kier alpha value is -2.10. The SMILES string of the molecule is CC1CCN(C(=O)c2cccc(-n3ccnc3)c2)CC1. The average Bonchev–Trinajstić information content (AvgIpc) is 3.02. The standard InChI is InChI=1S/C16H19N3O/c1-13-5-8-18(9-6-13)16(20)14-3-2-4-15(11-14)19-10-7-17-12-19/h2-4,7,10-13H,5-6,8-9H2,1H3. The van der Waals surface area contributed by atoms with Crippen LogP contribution in [0.3, 0.4) is 0 Å². The Morgan fingerprint density at radius 1 is 1.30 bits per heavy atom. The zero-order valence-electron chi connectivity index (χ0n) is 11.7. The van der Waals surface area contributed by atoms with Crippen LogP contribution >= 0.6 is 0 Å². The summed E-state index contributed by atoms with van der Waals surface area (Å²) in [5.74, 6) is 0.871. The molecule has 2 aromatic rings. The van der Waals surface area contributed by atoms with Gasteiger partial charge in [-0.15, -0.1) is 0 Å². The molecule has 1 aromatic carbocycles. The van der Waals surface area contributed by atoms with Crippen molar-refractivity contribution in [2.24, 2.45) is 5.92 Å². The number of aromatic nitrogens is 2. The molecule has 0 spiro atoms. The lowest BCUT2D eigenvalue weighted by Crippen LogP contribution is -2.37. The lowest BCUT2D eigenvalue weighted by atomic mass is 9.98. The third kappa shape index (κ3) is 2.59. The molecule has 0 radical (unpaired) electrons. The molecule has 0 unspecified atom stereocenters. The monoisotopic (exact) mass is 269 g/mol. The molecular formula is C16H19N3O. The Morgan fingerprint density at radius 3 is 2.80 bits per heavy atom. The van der Waals surface area contributed by atoms with Crippen LogP contribution in [0.1, 0.15) is 30.1 Å². The normalized spacial score (nSPS) is 16.4. The van der Waals surface area contributed by atoms with Gasteiger partial charge in [-0.25, -0.2) is 4.98 Å². The molecular weight excluding hydrogens is 250 g/mol. The van der Waals surface area contributed by atoms with Crippen molar-refractivity contribution < 1.29 is 4.79 Å². The van der Waals surface area contributed by atoms with Crippen LogP contribution < -0.4 is 0 Å². The maximum Gasteiger partial charge on any atom is 0.253 e. The Kier molecular flexibility index (Phi) is 3.54. The Bertz CT molecular complexity index is 584. The van der Waals surface area contributed by atoms with Crippen molar-refractivity contribution >= 4 is 5.91 Å². The molecule has 3 rings (SSSR count).